The van der Waals surface area contributed by atoms with Crippen molar-refractivity contribution in [1.29, 1.82) is 0 Å². The summed E-state index contributed by atoms with van der Waals surface area (Å²) < 4.78 is 0. The van der Waals surface area contributed by atoms with E-state index in [0.29, 0.717) is 23.9 Å². The van der Waals surface area contributed by atoms with E-state index in [0.717, 1.165) is 11.1 Å². The number of carbonyl (C=O) groups is 2. The number of benzene rings is 1. The molecule has 2 amide bonds. The van der Waals surface area contributed by atoms with Crippen molar-refractivity contribution in [2.45, 2.75) is 32.7 Å². The maximum absolute atomic E-state index is 12.9. The van der Waals surface area contributed by atoms with Gasteiger partial charge in [-0.3, -0.25) is 14.5 Å². The van der Waals surface area contributed by atoms with Crippen LogP contribution in [0.4, 0.5) is 11.5 Å². The van der Waals surface area contributed by atoms with Crippen LogP contribution >= 0.6 is 0 Å². The van der Waals surface area contributed by atoms with Crippen molar-refractivity contribution in [2.75, 3.05) is 10.2 Å². The summed E-state index contributed by atoms with van der Waals surface area (Å²) in [7, 11) is 0. The van der Waals surface area contributed by atoms with Gasteiger partial charge < -0.3 is 5.32 Å². The lowest BCUT2D eigenvalue weighted by molar-refractivity contribution is -0.122. The summed E-state index contributed by atoms with van der Waals surface area (Å²) in [6, 6.07) is 7.39. The first-order valence-electron chi connectivity index (χ1n) is 8.01. The number of nitrogens with one attached hydrogen (secondary N) is 1. The minimum absolute atomic E-state index is 0.0112. The molecule has 0 atom stereocenters. The number of amides is 2. The summed E-state index contributed by atoms with van der Waals surface area (Å²) in [4.78, 5) is 34.7. The Hall–Kier alpha value is -3.02. The Morgan fingerprint density at radius 3 is 2.88 bits per heavy atom. The number of hydrogen-bond acceptors (Lipinski definition) is 4. The van der Waals surface area contributed by atoms with E-state index in [4.69, 9.17) is 0 Å². The molecule has 25 heavy (non-hydrogen) atoms. The predicted molar refractivity (Wildman–Crippen MR) is 96.3 cm³/mol. The van der Waals surface area contributed by atoms with E-state index in [2.05, 4.69) is 21.9 Å². The normalized spacial score (nSPS) is 15.0. The molecule has 1 N–H and O–H groups in total. The first-order valence-corrected chi connectivity index (χ1v) is 8.01. The lowest BCUT2D eigenvalue weighted by atomic mass is 9.88. The molecular weight excluding hydrogens is 316 g/mol. The summed E-state index contributed by atoms with van der Waals surface area (Å²) in [6.45, 7) is 9.39. The molecule has 6 heteroatoms. The highest BCUT2D eigenvalue weighted by Crippen LogP contribution is 2.40. The molecule has 1 aromatic heterocycles. The minimum atomic E-state index is -0.655. The van der Waals surface area contributed by atoms with Gasteiger partial charge in [0.05, 0.1) is 12.0 Å². The molecule has 0 bridgehead atoms. The second-order valence-electron chi connectivity index (χ2n) is 6.56. The molecule has 128 valence electrons. The highest BCUT2D eigenvalue weighted by molar-refractivity contribution is 6.06. The molecule has 0 radical (unpaired) electrons. The fourth-order valence-corrected chi connectivity index (χ4v) is 2.92. The van der Waals surface area contributed by atoms with Gasteiger partial charge in [-0.2, -0.15) is 0 Å². The van der Waals surface area contributed by atoms with E-state index in [-0.39, 0.29) is 11.8 Å². The Kier molecular flexibility index (Phi) is 4.12. The Balaban J connectivity index is 1.92. The van der Waals surface area contributed by atoms with Gasteiger partial charge >= 0.3 is 0 Å². The number of aryl methyl sites for hydroxylation is 1. The van der Waals surface area contributed by atoms with E-state index < -0.39 is 5.41 Å². The van der Waals surface area contributed by atoms with Crippen LogP contribution in [0.25, 0.3) is 0 Å². The Morgan fingerprint density at radius 2 is 2.16 bits per heavy atom. The molecule has 0 saturated heterocycles. The van der Waals surface area contributed by atoms with Gasteiger partial charge in [0.15, 0.2) is 0 Å². The minimum Gasteiger partial charge on any atom is -0.323 e. The van der Waals surface area contributed by atoms with Crippen molar-refractivity contribution in [2.24, 2.45) is 0 Å². The third-order valence-electron chi connectivity index (χ3n) is 4.32. The Morgan fingerprint density at radius 1 is 1.40 bits per heavy atom. The van der Waals surface area contributed by atoms with Crippen LogP contribution in [-0.4, -0.2) is 21.8 Å². The number of nitrogens with zero attached hydrogens (tertiary/aromatic N) is 3. The number of hydrogen-bond donors (Lipinski definition) is 1. The standard InChI is InChI=1S/C19H20N4O2/c1-5-16(24)22-14-8-6-7-13(9-14)11-23-17-15(10-20-12(2)21-17)19(3,4)18(23)25/h5-10H,1,11H2,2-4H3,(H,22,24). The van der Waals surface area contributed by atoms with Gasteiger partial charge in [0.2, 0.25) is 11.8 Å². The van der Waals surface area contributed by atoms with E-state index in [1.807, 2.05) is 32.0 Å². The SMILES string of the molecule is C=CC(=O)Nc1cccc(CN2C(=O)C(C)(C)c3cnc(C)nc32)c1. The summed E-state index contributed by atoms with van der Waals surface area (Å²) in [5.74, 6) is 0.997. The van der Waals surface area contributed by atoms with E-state index in [1.165, 1.54) is 6.08 Å². The van der Waals surface area contributed by atoms with Crippen molar-refractivity contribution in [3.63, 3.8) is 0 Å². The number of aromatic nitrogens is 2. The van der Waals surface area contributed by atoms with Gasteiger partial charge in [0.25, 0.3) is 0 Å². The van der Waals surface area contributed by atoms with E-state index in [1.54, 1.807) is 24.1 Å². The molecule has 0 aliphatic carbocycles. The average Bonchev–Trinajstić information content (AvgIpc) is 2.75. The van der Waals surface area contributed by atoms with Crippen LogP contribution in [0.2, 0.25) is 0 Å². The first-order chi connectivity index (χ1) is 11.8. The molecule has 2 heterocycles. The average molecular weight is 336 g/mol. The molecule has 0 fully saturated rings. The fourth-order valence-electron chi connectivity index (χ4n) is 2.92. The zero-order valence-electron chi connectivity index (χ0n) is 14.5. The molecule has 0 unspecified atom stereocenters. The van der Waals surface area contributed by atoms with Gasteiger partial charge in [0, 0.05) is 17.4 Å². The number of carbonyl (C=O) groups excluding carboxylic acids is 2. The summed E-state index contributed by atoms with van der Waals surface area (Å²) in [6.07, 6.45) is 2.95. The number of anilines is 2. The fraction of sp³-hybridized carbons (Fsp3) is 0.263. The molecule has 0 spiro atoms. The third-order valence-corrected chi connectivity index (χ3v) is 4.32. The highest BCUT2D eigenvalue weighted by atomic mass is 16.2. The number of rotatable bonds is 4. The zero-order chi connectivity index (χ0) is 18.2. The largest absolute Gasteiger partial charge is 0.323 e. The zero-order valence-corrected chi connectivity index (χ0v) is 14.5. The van der Waals surface area contributed by atoms with Crippen LogP contribution in [0.5, 0.6) is 0 Å². The van der Waals surface area contributed by atoms with Crippen LogP contribution in [0.15, 0.2) is 43.1 Å². The molecule has 2 aromatic rings. The van der Waals surface area contributed by atoms with Gasteiger partial charge in [-0.15, -0.1) is 0 Å². The molecule has 0 saturated carbocycles. The highest BCUT2D eigenvalue weighted by Gasteiger charge is 2.45. The third kappa shape index (κ3) is 3.03. The summed E-state index contributed by atoms with van der Waals surface area (Å²) >= 11 is 0. The summed E-state index contributed by atoms with van der Waals surface area (Å²) in [5.41, 5.74) is 1.74. The van der Waals surface area contributed by atoms with E-state index in [9.17, 15) is 9.59 Å². The second-order valence-corrected chi connectivity index (χ2v) is 6.56. The first kappa shape index (κ1) is 16.8. The van der Waals surface area contributed by atoms with Crippen molar-refractivity contribution < 1.29 is 9.59 Å². The molecule has 3 rings (SSSR count). The Labute approximate surface area is 146 Å². The lowest BCUT2D eigenvalue weighted by Crippen LogP contribution is -2.35. The van der Waals surface area contributed by atoms with Gasteiger partial charge in [-0.25, -0.2) is 9.97 Å². The van der Waals surface area contributed by atoms with Crippen LogP contribution in [0.1, 0.15) is 30.8 Å². The van der Waals surface area contributed by atoms with Crippen molar-refractivity contribution >= 4 is 23.3 Å². The maximum Gasteiger partial charge on any atom is 0.247 e. The number of fused-ring (bicyclic) bond motifs is 1. The van der Waals surface area contributed by atoms with Crippen LogP contribution in [0.3, 0.4) is 0 Å². The van der Waals surface area contributed by atoms with Gasteiger partial charge in [-0.1, -0.05) is 18.7 Å². The molecule has 1 aromatic carbocycles. The quantitative estimate of drug-likeness (QED) is 0.871. The van der Waals surface area contributed by atoms with Gasteiger partial charge in [-0.05, 0) is 44.5 Å². The smallest absolute Gasteiger partial charge is 0.247 e. The molecular formula is C19H20N4O2. The topological polar surface area (TPSA) is 75.2 Å². The Bertz CT molecular complexity index is 873. The van der Waals surface area contributed by atoms with Crippen molar-refractivity contribution in [3.8, 4) is 0 Å². The van der Waals surface area contributed by atoms with Crippen LogP contribution in [0, 0.1) is 6.92 Å². The summed E-state index contributed by atoms with van der Waals surface area (Å²) in [5, 5.41) is 2.73. The maximum atomic E-state index is 12.9. The second kappa shape index (κ2) is 6.12. The van der Waals surface area contributed by atoms with Gasteiger partial charge in [0.1, 0.15) is 11.6 Å². The van der Waals surface area contributed by atoms with Crippen molar-refractivity contribution in [3.05, 3.63) is 60.1 Å². The van der Waals surface area contributed by atoms with Crippen molar-refractivity contribution in [1.82, 2.24) is 9.97 Å². The van der Waals surface area contributed by atoms with Crippen LogP contribution < -0.4 is 10.2 Å². The molecule has 1 aliphatic rings. The van der Waals surface area contributed by atoms with Crippen LogP contribution in [-0.2, 0) is 21.5 Å². The molecule has 6 nitrogen and oxygen atoms in total. The monoisotopic (exact) mass is 336 g/mol. The lowest BCUT2D eigenvalue weighted by Gasteiger charge is -2.20. The van der Waals surface area contributed by atoms with E-state index >= 15 is 0 Å². The predicted octanol–water partition coefficient (Wildman–Crippen LogP) is 2.73. The molecule has 1 aliphatic heterocycles.